The van der Waals surface area contributed by atoms with Crippen molar-refractivity contribution < 1.29 is 19.1 Å². The van der Waals surface area contributed by atoms with E-state index in [1.54, 1.807) is 0 Å². The fourth-order valence-electron chi connectivity index (χ4n) is 6.19. The van der Waals surface area contributed by atoms with Crippen LogP contribution in [0.15, 0.2) is 36.4 Å². The Morgan fingerprint density at radius 3 is 2.45 bits per heavy atom. The van der Waals surface area contributed by atoms with Crippen LogP contribution in [0.4, 0.5) is 5.69 Å². The molecule has 1 amide bonds. The van der Waals surface area contributed by atoms with E-state index >= 15 is 0 Å². The second-order valence-corrected chi connectivity index (χ2v) is 11.4. The molecular formula is C32H42N2O4. The third-order valence-electron chi connectivity index (χ3n) is 8.65. The molecular weight excluding hydrogens is 476 g/mol. The van der Waals surface area contributed by atoms with Crippen molar-refractivity contribution in [2.75, 3.05) is 38.3 Å². The van der Waals surface area contributed by atoms with E-state index in [1.165, 1.54) is 25.5 Å². The highest BCUT2D eigenvalue weighted by Crippen LogP contribution is 2.45. The number of carbonyl (C=O) groups is 2. The Balaban J connectivity index is 1.25. The van der Waals surface area contributed by atoms with Gasteiger partial charge in [-0.3, -0.25) is 9.69 Å². The summed E-state index contributed by atoms with van der Waals surface area (Å²) in [6.45, 7) is 8.27. The zero-order chi connectivity index (χ0) is 26.7. The Morgan fingerprint density at radius 1 is 1.08 bits per heavy atom. The molecule has 6 nitrogen and oxygen atoms in total. The van der Waals surface area contributed by atoms with Gasteiger partial charge in [-0.25, -0.2) is 4.79 Å². The zero-order valence-corrected chi connectivity index (χ0v) is 23.3. The van der Waals surface area contributed by atoms with E-state index in [0.717, 1.165) is 80.8 Å². The van der Waals surface area contributed by atoms with E-state index in [4.69, 9.17) is 9.47 Å². The van der Waals surface area contributed by atoms with Crippen LogP contribution in [0, 0.1) is 5.41 Å². The van der Waals surface area contributed by atoms with Crippen molar-refractivity contribution in [1.82, 2.24) is 4.90 Å². The van der Waals surface area contributed by atoms with E-state index in [1.807, 2.05) is 17.9 Å². The molecule has 2 heterocycles. The van der Waals surface area contributed by atoms with Gasteiger partial charge >= 0.3 is 5.97 Å². The number of benzene rings is 2. The topological polar surface area (TPSA) is 59.1 Å². The highest BCUT2D eigenvalue weighted by atomic mass is 16.5. The van der Waals surface area contributed by atoms with Gasteiger partial charge in [0.05, 0.1) is 19.3 Å². The summed E-state index contributed by atoms with van der Waals surface area (Å²) < 4.78 is 11.0. The lowest BCUT2D eigenvalue weighted by Crippen LogP contribution is -2.41. The number of hydrogen-bond donors (Lipinski definition) is 0. The molecule has 5 rings (SSSR count). The summed E-state index contributed by atoms with van der Waals surface area (Å²) in [4.78, 5) is 30.0. The second kappa shape index (κ2) is 11.5. The predicted molar refractivity (Wildman–Crippen MR) is 150 cm³/mol. The van der Waals surface area contributed by atoms with Gasteiger partial charge in [0.15, 0.2) is 0 Å². The van der Waals surface area contributed by atoms with Gasteiger partial charge < -0.3 is 14.4 Å². The van der Waals surface area contributed by atoms with Crippen LogP contribution in [0.2, 0.25) is 0 Å². The first-order valence-electron chi connectivity index (χ1n) is 14.4. The summed E-state index contributed by atoms with van der Waals surface area (Å²) >= 11 is 0. The number of unbranched alkanes of at least 4 members (excludes halogenated alkanes) is 1. The molecule has 2 aromatic carbocycles. The molecule has 0 bridgehead atoms. The number of ether oxygens (including phenoxy) is 2. The third-order valence-corrected chi connectivity index (χ3v) is 8.65. The third kappa shape index (κ3) is 5.75. The fraction of sp³-hybridized carbons (Fsp3) is 0.562. The minimum absolute atomic E-state index is 0.0606. The van der Waals surface area contributed by atoms with Crippen molar-refractivity contribution in [3.63, 3.8) is 0 Å². The number of hydrogen-bond acceptors (Lipinski definition) is 5. The van der Waals surface area contributed by atoms with Crippen molar-refractivity contribution in [2.24, 2.45) is 5.41 Å². The molecule has 1 saturated carbocycles. The standard InChI is InChI=1S/C32H42N2O4/c1-4-6-7-23-8-12-26(13-9-23)34-22-32(20-30(34)35)14-16-33(17-15-32)21-25-18-27(24-10-11-24)28(31(36)37-3)19-29(25)38-5-2/h8-9,12-13,18-19,24H,4-7,10-11,14-17,20-22H2,1-3H3. The summed E-state index contributed by atoms with van der Waals surface area (Å²) in [7, 11) is 1.44. The molecule has 3 fully saturated rings. The van der Waals surface area contributed by atoms with Crippen molar-refractivity contribution in [2.45, 2.75) is 77.7 Å². The lowest BCUT2D eigenvalue weighted by Gasteiger charge is -2.39. The SMILES string of the molecule is CCCCc1ccc(N2CC3(CCN(Cc4cc(C5CC5)c(C(=O)OC)cc4OCC)CC3)CC2=O)cc1. The van der Waals surface area contributed by atoms with Crippen molar-refractivity contribution in [3.05, 3.63) is 58.7 Å². The zero-order valence-electron chi connectivity index (χ0n) is 23.3. The molecule has 2 saturated heterocycles. The minimum atomic E-state index is -0.287. The molecule has 2 aliphatic heterocycles. The number of likely N-dealkylation sites (tertiary alicyclic amines) is 1. The van der Waals surface area contributed by atoms with Gasteiger partial charge in [0.1, 0.15) is 5.75 Å². The maximum Gasteiger partial charge on any atom is 0.338 e. The monoisotopic (exact) mass is 518 g/mol. The number of nitrogens with zero attached hydrogens (tertiary/aromatic N) is 2. The molecule has 1 aliphatic carbocycles. The predicted octanol–water partition coefficient (Wildman–Crippen LogP) is 6.11. The number of esters is 1. The van der Waals surface area contributed by atoms with Crippen LogP contribution >= 0.6 is 0 Å². The van der Waals surface area contributed by atoms with Crippen LogP contribution in [0.3, 0.4) is 0 Å². The number of piperidine rings is 1. The largest absolute Gasteiger partial charge is 0.494 e. The normalized spacial score (nSPS) is 19.2. The van der Waals surface area contributed by atoms with Gasteiger partial charge in [-0.2, -0.15) is 0 Å². The molecule has 0 atom stereocenters. The molecule has 204 valence electrons. The minimum Gasteiger partial charge on any atom is -0.494 e. The summed E-state index contributed by atoms with van der Waals surface area (Å²) in [5.41, 5.74) is 5.33. The van der Waals surface area contributed by atoms with E-state index in [0.29, 0.717) is 24.5 Å². The average molecular weight is 519 g/mol. The molecule has 1 spiro atoms. The first-order chi connectivity index (χ1) is 18.4. The van der Waals surface area contributed by atoms with E-state index in [9.17, 15) is 9.59 Å². The van der Waals surface area contributed by atoms with Crippen LogP contribution in [0.25, 0.3) is 0 Å². The van der Waals surface area contributed by atoms with Crippen LogP contribution in [-0.4, -0.2) is 50.1 Å². The molecule has 0 radical (unpaired) electrons. The quantitative estimate of drug-likeness (QED) is 0.355. The number of rotatable bonds is 10. The van der Waals surface area contributed by atoms with E-state index in [-0.39, 0.29) is 17.3 Å². The molecule has 0 aromatic heterocycles. The fourth-order valence-corrected chi connectivity index (χ4v) is 6.19. The second-order valence-electron chi connectivity index (χ2n) is 11.4. The van der Waals surface area contributed by atoms with Crippen molar-refractivity contribution in [1.29, 1.82) is 0 Å². The number of carbonyl (C=O) groups excluding carboxylic acids is 2. The van der Waals surface area contributed by atoms with Crippen molar-refractivity contribution >= 4 is 17.6 Å². The highest BCUT2D eigenvalue weighted by Gasteiger charge is 2.45. The van der Waals surface area contributed by atoms with E-state index < -0.39 is 0 Å². The van der Waals surface area contributed by atoms with E-state index in [2.05, 4.69) is 42.2 Å². The molecule has 0 N–H and O–H groups in total. The van der Waals surface area contributed by atoms with Crippen LogP contribution < -0.4 is 9.64 Å². The van der Waals surface area contributed by atoms with Gasteiger partial charge in [0, 0.05) is 30.8 Å². The lowest BCUT2D eigenvalue weighted by atomic mass is 9.77. The Hall–Kier alpha value is -2.86. The number of aryl methyl sites for hydroxylation is 1. The lowest BCUT2D eigenvalue weighted by molar-refractivity contribution is -0.118. The number of anilines is 1. The summed E-state index contributed by atoms with van der Waals surface area (Å²) in [6.07, 6.45) is 8.41. The average Bonchev–Trinajstić information content (AvgIpc) is 3.73. The summed E-state index contributed by atoms with van der Waals surface area (Å²) in [5, 5.41) is 0. The van der Waals surface area contributed by atoms with Crippen LogP contribution in [0.1, 0.15) is 91.8 Å². The van der Waals surface area contributed by atoms with Crippen molar-refractivity contribution in [3.8, 4) is 5.75 Å². The Kier molecular flexibility index (Phi) is 8.08. The van der Waals surface area contributed by atoms with Gasteiger partial charge in [-0.15, -0.1) is 0 Å². The Labute approximate surface area is 227 Å². The molecule has 3 aliphatic rings. The van der Waals surface area contributed by atoms with Crippen LogP contribution in [-0.2, 0) is 22.5 Å². The summed E-state index contributed by atoms with van der Waals surface area (Å²) in [6, 6.07) is 12.7. The maximum absolute atomic E-state index is 13.1. The number of methoxy groups -OCH3 is 1. The Morgan fingerprint density at radius 2 is 1.82 bits per heavy atom. The first-order valence-corrected chi connectivity index (χ1v) is 14.4. The maximum atomic E-state index is 13.1. The van der Waals surface area contributed by atoms with Gasteiger partial charge in [-0.1, -0.05) is 25.5 Å². The molecule has 0 unspecified atom stereocenters. The van der Waals surface area contributed by atoms with Gasteiger partial charge in [-0.05, 0) is 105 Å². The Bertz CT molecular complexity index is 1150. The molecule has 2 aromatic rings. The summed E-state index contributed by atoms with van der Waals surface area (Å²) in [5.74, 6) is 1.19. The molecule has 38 heavy (non-hydrogen) atoms. The molecule has 6 heteroatoms. The first kappa shape index (κ1) is 26.7. The van der Waals surface area contributed by atoms with Gasteiger partial charge in [0.2, 0.25) is 5.91 Å². The smallest absolute Gasteiger partial charge is 0.338 e. The number of amides is 1. The van der Waals surface area contributed by atoms with Gasteiger partial charge in [0.25, 0.3) is 0 Å². The van der Waals surface area contributed by atoms with Crippen LogP contribution in [0.5, 0.6) is 5.75 Å². The highest BCUT2D eigenvalue weighted by molar-refractivity contribution is 5.96.